The van der Waals surface area contributed by atoms with E-state index in [1.54, 1.807) is 49.4 Å². The number of nitrogen functional groups attached to an aromatic ring is 1. The van der Waals surface area contributed by atoms with E-state index in [4.69, 9.17) is 5.73 Å². The van der Waals surface area contributed by atoms with Crippen LogP contribution in [-0.4, -0.2) is 55.5 Å². The van der Waals surface area contributed by atoms with Gasteiger partial charge in [-0.1, -0.05) is 0 Å². The van der Waals surface area contributed by atoms with Gasteiger partial charge in [0, 0.05) is 30.6 Å². The molecule has 5 N–H and O–H groups in total. The van der Waals surface area contributed by atoms with Crippen LogP contribution < -0.4 is 21.8 Å². The SMILES string of the molecule is CC1NN(C)C=C1S(=O)(=O)C1(c2cc(N)nc(-c3ccc(NC(=O)NCC(F)F)cc3)n2)CC1. The second kappa shape index (κ2) is 8.80. The zero-order valence-corrected chi connectivity index (χ0v) is 19.4. The van der Waals surface area contributed by atoms with Gasteiger partial charge in [-0.25, -0.2) is 37.4 Å². The molecule has 0 radical (unpaired) electrons. The van der Waals surface area contributed by atoms with Gasteiger partial charge in [0.05, 0.1) is 23.2 Å². The highest BCUT2D eigenvalue weighted by molar-refractivity contribution is 7.96. The molecule has 1 aliphatic heterocycles. The van der Waals surface area contributed by atoms with E-state index in [2.05, 4.69) is 20.7 Å². The molecular formula is C21H25F2N7O3S. The average molecular weight is 494 g/mol. The lowest BCUT2D eigenvalue weighted by Crippen LogP contribution is -2.34. The van der Waals surface area contributed by atoms with Crippen LogP contribution in [-0.2, 0) is 14.6 Å². The van der Waals surface area contributed by atoms with E-state index in [1.165, 1.54) is 6.07 Å². The molecular weight excluding hydrogens is 468 g/mol. The van der Waals surface area contributed by atoms with Crippen molar-refractivity contribution in [3.05, 3.63) is 47.1 Å². The first-order valence-corrected chi connectivity index (χ1v) is 12.0. The molecule has 0 spiro atoms. The first-order chi connectivity index (χ1) is 16.0. The Hall–Kier alpha value is -3.32. The predicted molar refractivity (Wildman–Crippen MR) is 123 cm³/mol. The maximum Gasteiger partial charge on any atom is 0.319 e. The Morgan fingerprint density at radius 1 is 1.29 bits per heavy atom. The van der Waals surface area contributed by atoms with Gasteiger partial charge in [0.25, 0.3) is 6.43 Å². The Bertz CT molecular complexity index is 1230. The van der Waals surface area contributed by atoms with Crippen LogP contribution in [0.2, 0.25) is 0 Å². The summed E-state index contributed by atoms with van der Waals surface area (Å²) >= 11 is 0. The molecule has 34 heavy (non-hydrogen) atoms. The number of urea groups is 1. The summed E-state index contributed by atoms with van der Waals surface area (Å²) in [4.78, 5) is 20.7. The number of halogens is 2. The lowest BCUT2D eigenvalue weighted by atomic mass is 10.1. The third-order valence-corrected chi connectivity index (χ3v) is 8.43. The molecule has 1 aromatic carbocycles. The van der Waals surface area contributed by atoms with Crippen molar-refractivity contribution >= 4 is 27.4 Å². The summed E-state index contributed by atoms with van der Waals surface area (Å²) in [7, 11) is -1.97. The number of benzene rings is 1. The van der Waals surface area contributed by atoms with Crippen LogP contribution in [0.5, 0.6) is 0 Å². The molecule has 1 aliphatic carbocycles. The van der Waals surface area contributed by atoms with Gasteiger partial charge in [-0.15, -0.1) is 0 Å². The number of nitrogens with one attached hydrogen (secondary N) is 3. The minimum atomic E-state index is -3.71. The van der Waals surface area contributed by atoms with Crippen molar-refractivity contribution < 1.29 is 22.0 Å². The molecule has 1 unspecified atom stereocenters. The molecule has 4 rings (SSSR count). The summed E-state index contributed by atoms with van der Waals surface area (Å²) in [6.45, 7) is 1.03. The monoisotopic (exact) mass is 493 g/mol. The number of anilines is 2. The Labute approximate surface area is 195 Å². The number of alkyl halides is 2. The van der Waals surface area contributed by atoms with Crippen molar-refractivity contribution in [1.29, 1.82) is 0 Å². The van der Waals surface area contributed by atoms with Crippen LogP contribution in [0.4, 0.5) is 25.1 Å². The standard InChI is InChI=1S/C21H25F2N7O3S/c1-12-15(11-30(2)29-12)34(32,33)21(7-8-21)16-9-18(24)28-19(27-16)13-3-5-14(6-4-13)26-20(31)25-10-17(22)23/h3-6,9,11-12,17,29H,7-8,10H2,1-2H3,(H2,24,27,28)(H2,25,26,31). The molecule has 1 atom stereocenters. The molecule has 1 saturated carbocycles. The van der Waals surface area contributed by atoms with E-state index in [0.717, 1.165) is 0 Å². The van der Waals surface area contributed by atoms with Gasteiger partial charge < -0.3 is 21.4 Å². The Kier molecular flexibility index (Phi) is 6.16. The number of carbonyl (C=O) groups is 1. The zero-order valence-electron chi connectivity index (χ0n) is 18.5. The molecule has 182 valence electrons. The van der Waals surface area contributed by atoms with Gasteiger partial charge in [0.15, 0.2) is 15.7 Å². The summed E-state index contributed by atoms with van der Waals surface area (Å²) in [6, 6.07) is 6.73. The summed E-state index contributed by atoms with van der Waals surface area (Å²) in [5.41, 5.74) is 10.3. The zero-order chi connectivity index (χ0) is 24.7. The van der Waals surface area contributed by atoms with Gasteiger partial charge >= 0.3 is 6.03 Å². The Morgan fingerprint density at radius 3 is 2.53 bits per heavy atom. The number of sulfone groups is 1. The number of hydrogen-bond donors (Lipinski definition) is 4. The molecule has 0 saturated heterocycles. The second-order valence-corrected chi connectivity index (χ2v) is 10.6. The van der Waals surface area contributed by atoms with Crippen molar-refractivity contribution in [3.8, 4) is 11.4 Å². The Morgan fingerprint density at radius 2 is 1.97 bits per heavy atom. The van der Waals surface area contributed by atoms with Crippen LogP contribution in [0, 0.1) is 0 Å². The third kappa shape index (κ3) is 4.53. The number of carbonyl (C=O) groups excluding carboxylic acids is 1. The first kappa shape index (κ1) is 23.8. The van der Waals surface area contributed by atoms with Crippen LogP contribution in [0.25, 0.3) is 11.4 Å². The molecule has 10 nitrogen and oxygen atoms in total. The van der Waals surface area contributed by atoms with Crippen molar-refractivity contribution in [2.45, 2.75) is 37.0 Å². The van der Waals surface area contributed by atoms with Crippen LogP contribution in [0.1, 0.15) is 25.5 Å². The lowest BCUT2D eigenvalue weighted by Gasteiger charge is -2.19. The van der Waals surface area contributed by atoms with Crippen molar-refractivity contribution in [2.24, 2.45) is 0 Å². The van der Waals surface area contributed by atoms with Crippen molar-refractivity contribution in [2.75, 3.05) is 24.6 Å². The number of hydrogen-bond acceptors (Lipinski definition) is 8. The normalized spacial score (nSPS) is 19.1. The summed E-state index contributed by atoms with van der Waals surface area (Å²) in [6.07, 6.45) is -0.216. The first-order valence-electron chi connectivity index (χ1n) is 10.6. The predicted octanol–water partition coefficient (Wildman–Crippen LogP) is 2.20. The maximum atomic E-state index is 13.5. The number of amides is 2. The van der Waals surface area contributed by atoms with Gasteiger partial charge in [-0.05, 0) is 44.0 Å². The molecule has 2 amide bonds. The summed E-state index contributed by atoms with van der Waals surface area (Å²) < 4.78 is 50.4. The largest absolute Gasteiger partial charge is 0.384 e. The highest BCUT2D eigenvalue weighted by Gasteiger charge is 2.59. The van der Waals surface area contributed by atoms with Gasteiger partial charge in [-0.3, -0.25) is 0 Å². The van der Waals surface area contributed by atoms with Crippen LogP contribution in [0.15, 0.2) is 41.4 Å². The van der Waals surface area contributed by atoms with E-state index < -0.39 is 33.6 Å². The minimum Gasteiger partial charge on any atom is -0.384 e. The van der Waals surface area contributed by atoms with Gasteiger partial charge in [0.1, 0.15) is 10.6 Å². The molecule has 1 fully saturated rings. The highest BCUT2D eigenvalue weighted by atomic mass is 32.2. The topological polar surface area (TPSA) is 142 Å². The average Bonchev–Trinajstić information content (AvgIpc) is 3.52. The molecule has 2 aromatic rings. The summed E-state index contributed by atoms with van der Waals surface area (Å²) in [5, 5.41) is 6.12. The molecule has 2 aliphatic rings. The number of rotatable bonds is 7. The fourth-order valence-corrected chi connectivity index (χ4v) is 6.17. The Balaban J connectivity index is 1.59. The fraction of sp³-hybridized carbons (Fsp3) is 0.381. The van der Waals surface area contributed by atoms with Crippen molar-refractivity contribution in [3.63, 3.8) is 0 Å². The van der Waals surface area contributed by atoms with E-state index in [-0.39, 0.29) is 17.7 Å². The van der Waals surface area contributed by atoms with Gasteiger partial charge in [0.2, 0.25) is 0 Å². The minimum absolute atomic E-state index is 0.138. The molecule has 13 heteroatoms. The van der Waals surface area contributed by atoms with Crippen LogP contribution >= 0.6 is 0 Å². The lowest BCUT2D eigenvalue weighted by molar-refractivity contribution is 0.148. The molecule has 2 heterocycles. The van der Waals surface area contributed by atoms with E-state index in [9.17, 15) is 22.0 Å². The summed E-state index contributed by atoms with van der Waals surface area (Å²) in [5.74, 6) is 0.382. The fourth-order valence-electron chi connectivity index (χ4n) is 3.89. The number of hydrazine groups is 1. The van der Waals surface area contributed by atoms with Crippen LogP contribution in [0.3, 0.4) is 0 Å². The smallest absolute Gasteiger partial charge is 0.319 e. The highest BCUT2D eigenvalue weighted by Crippen LogP contribution is 2.55. The second-order valence-electron chi connectivity index (χ2n) is 8.30. The van der Waals surface area contributed by atoms with E-state index >= 15 is 0 Å². The molecule has 0 bridgehead atoms. The number of nitrogens with two attached hydrogens (primary N) is 1. The maximum absolute atomic E-state index is 13.5. The van der Waals surface area contributed by atoms with E-state index in [0.29, 0.717) is 34.7 Å². The number of nitrogens with zero attached hydrogens (tertiary/aromatic N) is 3. The number of aromatic nitrogens is 2. The quantitative estimate of drug-likeness (QED) is 0.460. The van der Waals surface area contributed by atoms with Gasteiger partial charge in [-0.2, -0.15) is 0 Å². The van der Waals surface area contributed by atoms with Crippen molar-refractivity contribution in [1.82, 2.24) is 25.7 Å². The van der Waals surface area contributed by atoms with E-state index in [1.807, 2.05) is 5.32 Å². The molecule has 1 aromatic heterocycles. The third-order valence-electron chi connectivity index (χ3n) is 5.70.